The fourth-order valence-corrected chi connectivity index (χ4v) is 4.20. The molecule has 1 aromatic heterocycles. The predicted octanol–water partition coefficient (Wildman–Crippen LogP) is 4.92. The maximum atomic E-state index is 13.2. The van der Waals surface area contributed by atoms with Crippen LogP contribution in [-0.4, -0.2) is 22.8 Å². The molecule has 7 nitrogen and oxygen atoms in total. The molecule has 4 rings (SSSR count). The molecule has 1 aliphatic rings. The van der Waals surface area contributed by atoms with Crippen molar-refractivity contribution in [3.63, 3.8) is 0 Å². The first-order chi connectivity index (χ1) is 17.1. The first-order valence-corrected chi connectivity index (χ1v) is 12.0. The molecule has 1 fully saturated rings. The lowest BCUT2D eigenvalue weighted by molar-refractivity contribution is -0.122. The number of nitrogens with zero attached hydrogens (tertiary/aromatic N) is 1. The first-order valence-electron chi connectivity index (χ1n) is 12.0. The number of para-hydroxylation sites is 2. The van der Waals surface area contributed by atoms with Crippen molar-refractivity contribution in [2.75, 3.05) is 16.4 Å². The van der Waals surface area contributed by atoms with Crippen LogP contribution in [0.25, 0.3) is 6.08 Å². The summed E-state index contributed by atoms with van der Waals surface area (Å²) in [6, 6.07) is 18.1. The minimum absolute atomic E-state index is 0.0520. The number of amides is 2. The Morgan fingerprint density at radius 1 is 0.971 bits per heavy atom. The highest BCUT2D eigenvalue weighted by molar-refractivity contribution is 6.03. The number of benzene rings is 2. The predicted molar refractivity (Wildman–Crippen MR) is 141 cm³/mol. The highest BCUT2D eigenvalue weighted by Crippen LogP contribution is 2.23. The zero-order valence-corrected chi connectivity index (χ0v) is 19.6. The second-order valence-corrected chi connectivity index (χ2v) is 8.74. The van der Waals surface area contributed by atoms with E-state index in [1.165, 1.54) is 12.5 Å². The van der Waals surface area contributed by atoms with E-state index in [2.05, 4.69) is 20.9 Å². The normalized spacial score (nSPS) is 14.9. The Labute approximate surface area is 205 Å². The number of aromatic nitrogens is 1. The molecule has 5 N–H and O–H groups in total. The fraction of sp³-hybridized carbons (Fsp3) is 0.250. The summed E-state index contributed by atoms with van der Waals surface area (Å²) in [4.78, 5) is 29.7. The van der Waals surface area contributed by atoms with Crippen LogP contribution < -0.4 is 21.7 Å². The highest BCUT2D eigenvalue weighted by Gasteiger charge is 2.24. The van der Waals surface area contributed by atoms with Crippen LogP contribution in [0.1, 0.15) is 49.3 Å². The van der Waals surface area contributed by atoms with Crippen LogP contribution in [0.4, 0.5) is 17.1 Å². The summed E-state index contributed by atoms with van der Waals surface area (Å²) in [6.45, 7) is 0. The lowest BCUT2D eigenvalue weighted by Crippen LogP contribution is -2.41. The lowest BCUT2D eigenvalue weighted by atomic mass is 9.94. The van der Waals surface area contributed by atoms with Gasteiger partial charge in [0.2, 0.25) is 11.8 Å². The Kier molecular flexibility index (Phi) is 8.12. The van der Waals surface area contributed by atoms with Gasteiger partial charge in [-0.15, -0.1) is 0 Å². The molecule has 0 aliphatic heterocycles. The van der Waals surface area contributed by atoms with Crippen molar-refractivity contribution in [1.29, 1.82) is 0 Å². The van der Waals surface area contributed by atoms with Crippen LogP contribution in [0.3, 0.4) is 0 Å². The van der Waals surface area contributed by atoms with E-state index >= 15 is 0 Å². The summed E-state index contributed by atoms with van der Waals surface area (Å²) in [7, 11) is 0. The van der Waals surface area contributed by atoms with Gasteiger partial charge in [0.05, 0.1) is 17.1 Å². The average Bonchev–Trinajstić information content (AvgIpc) is 2.89. The van der Waals surface area contributed by atoms with Crippen LogP contribution >= 0.6 is 0 Å². The minimum Gasteiger partial charge on any atom is -0.397 e. The Morgan fingerprint density at radius 2 is 1.74 bits per heavy atom. The molecule has 3 aromatic rings. The van der Waals surface area contributed by atoms with E-state index in [0.29, 0.717) is 11.4 Å². The van der Waals surface area contributed by atoms with Crippen LogP contribution in [0.5, 0.6) is 0 Å². The fourth-order valence-electron chi connectivity index (χ4n) is 4.20. The molecule has 1 unspecified atom stereocenters. The second kappa shape index (κ2) is 11.8. The molecule has 0 spiro atoms. The maximum absolute atomic E-state index is 13.2. The van der Waals surface area contributed by atoms with Gasteiger partial charge in [0.15, 0.2) is 0 Å². The van der Waals surface area contributed by atoms with Gasteiger partial charge in [-0.3, -0.25) is 14.6 Å². The monoisotopic (exact) mass is 469 g/mol. The third kappa shape index (κ3) is 6.93. The number of carbonyl (C=O) groups excluding carboxylic acids is 2. The summed E-state index contributed by atoms with van der Waals surface area (Å²) >= 11 is 0. The topological polar surface area (TPSA) is 109 Å². The number of hydrogen-bond donors (Lipinski definition) is 4. The van der Waals surface area contributed by atoms with Crippen molar-refractivity contribution in [2.24, 2.45) is 0 Å². The van der Waals surface area contributed by atoms with Crippen LogP contribution in [0.2, 0.25) is 0 Å². The number of carbonyl (C=O) groups is 2. The molecule has 2 aromatic carbocycles. The van der Waals surface area contributed by atoms with Crippen LogP contribution in [0, 0.1) is 0 Å². The van der Waals surface area contributed by atoms with E-state index < -0.39 is 6.04 Å². The summed E-state index contributed by atoms with van der Waals surface area (Å²) < 4.78 is 0. The maximum Gasteiger partial charge on any atom is 0.248 e. The molecule has 1 atom stereocenters. The van der Waals surface area contributed by atoms with Gasteiger partial charge in [-0.2, -0.15) is 0 Å². The number of hydrogen-bond acceptors (Lipinski definition) is 5. The van der Waals surface area contributed by atoms with E-state index in [4.69, 9.17) is 5.73 Å². The third-order valence-electron chi connectivity index (χ3n) is 6.10. The lowest BCUT2D eigenvalue weighted by Gasteiger charge is -2.26. The summed E-state index contributed by atoms with van der Waals surface area (Å²) in [5.74, 6) is -0.321. The Balaban J connectivity index is 1.45. The molecule has 0 saturated heterocycles. The van der Waals surface area contributed by atoms with Gasteiger partial charge < -0.3 is 21.7 Å². The minimum atomic E-state index is -0.552. The van der Waals surface area contributed by atoms with Gasteiger partial charge in [0, 0.05) is 24.5 Å². The zero-order chi connectivity index (χ0) is 24.5. The molecule has 1 heterocycles. The smallest absolute Gasteiger partial charge is 0.248 e. The van der Waals surface area contributed by atoms with E-state index in [9.17, 15) is 9.59 Å². The van der Waals surface area contributed by atoms with E-state index in [1.807, 2.05) is 48.5 Å². The molecule has 7 heteroatoms. The summed E-state index contributed by atoms with van der Waals surface area (Å²) in [5, 5.41) is 9.31. The SMILES string of the molecule is Nc1ccccc1NC(=O)/C=C/c1ccc(C(Nc2cccnc2)C(=O)NC2CCCCC2)cc1. The van der Waals surface area contributed by atoms with Gasteiger partial charge in [-0.05, 0) is 54.3 Å². The van der Waals surface area contributed by atoms with E-state index in [1.54, 1.807) is 30.6 Å². The zero-order valence-electron chi connectivity index (χ0n) is 19.6. The van der Waals surface area contributed by atoms with Crippen molar-refractivity contribution >= 4 is 35.0 Å². The Hall–Kier alpha value is -4.13. The number of nitrogen functional groups attached to an aromatic ring is 1. The number of nitrogens with two attached hydrogens (primary N) is 1. The molecule has 0 radical (unpaired) electrons. The number of rotatable bonds is 8. The molecular formula is C28H31N5O2. The largest absolute Gasteiger partial charge is 0.397 e. The number of anilines is 3. The van der Waals surface area contributed by atoms with Crippen molar-refractivity contribution in [1.82, 2.24) is 10.3 Å². The molecule has 35 heavy (non-hydrogen) atoms. The summed E-state index contributed by atoms with van der Waals surface area (Å²) in [6.07, 6.45) is 12.2. The molecule has 1 aliphatic carbocycles. The molecular weight excluding hydrogens is 438 g/mol. The van der Waals surface area contributed by atoms with Gasteiger partial charge in [-0.1, -0.05) is 55.7 Å². The quantitative estimate of drug-likeness (QED) is 0.277. The van der Waals surface area contributed by atoms with Crippen molar-refractivity contribution in [3.8, 4) is 0 Å². The number of pyridine rings is 1. The van der Waals surface area contributed by atoms with Gasteiger partial charge in [-0.25, -0.2) is 0 Å². The highest BCUT2D eigenvalue weighted by atomic mass is 16.2. The number of nitrogens with one attached hydrogen (secondary N) is 3. The summed E-state index contributed by atoms with van der Waals surface area (Å²) in [5.41, 5.74) is 9.42. The van der Waals surface area contributed by atoms with Crippen molar-refractivity contribution in [3.05, 3.63) is 90.3 Å². The molecule has 2 amide bonds. The van der Waals surface area contributed by atoms with Crippen molar-refractivity contribution in [2.45, 2.75) is 44.2 Å². The van der Waals surface area contributed by atoms with Gasteiger partial charge in [0.1, 0.15) is 6.04 Å². The molecule has 180 valence electrons. The Morgan fingerprint density at radius 3 is 2.46 bits per heavy atom. The Bertz CT molecular complexity index is 1160. The van der Waals surface area contributed by atoms with Gasteiger partial charge >= 0.3 is 0 Å². The molecule has 1 saturated carbocycles. The van der Waals surface area contributed by atoms with Crippen molar-refractivity contribution < 1.29 is 9.59 Å². The first kappa shape index (κ1) is 24.0. The van der Waals surface area contributed by atoms with Gasteiger partial charge in [0.25, 0.3) is 0 Å². The van der Waals surface area contributed by atoms with Crippen LogP contribution in [0.15, 0.2) is 79.1 Å². The van der Waals surface area contributed by atoms with Crippen LogP contribution in [-0.2, 0) is 9.59 Å². The average molecular weight is 470 g/mol. The third-order valence-corrected chi connectivity index (χ3v) is 6.10. The standard InChI is InChI=1S/C28H31N5O2/c29-24-10-4-5-11-25(24)33-26(34)17-14-20-12-15-21(16-13-20)27(31-23-9-6-18-30-19-23)28(35)32-22-7-2-1-3-8-22/h4-6,9-19,22,27,31H,1-3,7-8,29H2,(H,32,35)(H,33,34)/b17-14+. The van der Waals surface area contributed by atoms with E-state index in [-0.39, 0.29) is 17.9 Å². The second-order valence-electron chi connectivity index (χ2n) is 8.74. The van der Waals surface area contributed by atoms with E-state index in [0.717, 1.165) is 42.5 Å². The molecule has 0 bridgehead atoms.